The lowest BCUT2D eigenvalue weighted by Crippen LogP contribution is -2.36. The van der Waals surface area contributed by atoms with Crippen molar-refractivity contribution < 1.29 is 23.5 Å². The highest BCUT2D eigenvalue weighted by Crippen LogP contribution is 2.29. The molecule has 2 aliphatic heterocycles. The van der Waals surface area contributed by atoms with Crippen LogP contribution in [0, 0.1) is 17.6 Å². The predicted molar refractivity (Wildman–Crippen MR) is 132 cm³/mol. The lowest BCUT2D eigenvalue weighted by atomic mass is 9.90. The Morgan fingerprint density at radius 1 is 1.08 bits per heavy atom. The molecule has 5 rings (SSSR count). The van der Waals surface area contributed by atoms with Crippen molar-refractivity contribution >= 4 is 11.8 Å². The summed E-state index contributed by atoms with van der Waals surface area (Å²) in [6.45, 7) is 4.90. The van der Waals surface area contributed by atoms with E-state index in [1.165, 1.54) is 6.07 Å². The molecule has 1 fully saturated rings. The molecule has 2 N–H and O–H groups in total. The van der Waals surface area contributed by atoms with Gasteiger partial charge in [-0.3, -0.25) is 9.59 Å². The molecule has 0 saturated carbocycles. The molecule has 0 aliphatic carbocycles. The van der Waals surface area contributed by atoms with Crippen LogP contribution < -0.4 is 5.32 Å². The summed E-state index contributed by atoms with van der Waals surface area (Å²) in [5, 5.41) is 12.9. The van der Waals surface area contributed by atoms with Gasteiger partial charge in [-0.1, -0.05) is 30.3 Å². The molecule has 7 nitrogen and oxygen atoms in total. The molecule has 0 radical (unpaired) electrons. The van der Waals surface area contributed by atoms with Crippen molar-refractivity contribution in [3.63, 3.8) is 0 Å². The van der Waals surface area contributed by atoms with E-state index in [0.717, 1.165) is 29.7 Å². The fourth-order valence-corrected chi connectivity index (χ4v) is 4.97. The largest absolute Gasteiger partial charge is 0.390 e. The summed E-state index contributed by atoms with van der Waals surface area (Å²) in [5.41, 5.74) is 1.66. The first-order chi connectivity index (χ1) is 17.6. The molecule has 2 aromatic carbocycles. The predicted octanol–water partition coefficient (Wildman–Crippen LogP) is 3.42. The van der Waals surface area contributed by atoms with Crippen LogP contribution in [0.4, 0.5) is 8.78 Å². The van der Waals surface area contributed by atoms with E-state index >= 15 is 0 Å². The van der Waals surface area contributed by atoms with Crippen LogP contribution in [0.3, 0.4) is 0 Å². The van der Waals surface area contributed by atoms with Gasteiger partial charge in [-0.2, -0.15) is 0 Å². The standard InChI is InChI=1S/C28H28F2N4O3/c1-28(2,37)18-10-11-34(15-18)23(35)13-17-8-6-16(7-9-17)12-21-25-22(14-31-27(25)36)33-26(32-21)24-19(29)4-3-5-20(24)30/h3-9,18,37H,10-15H2,1-2H3,(H,31,36)/t18-/m1/s1. The maximum atomic E-state index is 14.4. The maximum Gasteiger partial charge on any atom is 0.255 e. The van der Waals surface area contributed by atoms with E-state index in [1.54, 1.807) is 18.7 Å². The Morgan fingerprint density at radius 3 is 2.41 bits per heavy atom. The summed E-state index contributed by atoms with van der Waals surface area (Å²) in [4.78, 5) is 35.7. The second-order valence-corrected chi connectivity index (χ2v) is 10.2. The summed E-state index contributed by atoms with van der Waals surface area (Å²) >= 11 is 0. The minimum atomic E-state index is -0.813. The third-order valence-electron chi connectivity index (χ3n) is 7.18. The highest BCUT2D eigenvalue weighted by Gasteiger charge is 2.35. The number of aliphatic hydroxyl groups is 1. The number of hydrogen-bond donors (Lipinski definition) is 2. The van der Waals surface area contributed by atoms with Crippen molar-refractivity contribution in [1.82, 2.24) is 20.2 Å². The maximum absolute atomic E-state index is 14.4. The number of halogens is 2. The number of amides is 2. The van der Waals surface area contributed by atoms with Gasteiger partial charge in [0.1, 0.15) is 11.6 Å². The van der Waals surface area contributed by atoms with Gasteiger partial charge in [0.2, 0.25) is 5.91 Å². The van der Waals surface area contributed by atoms with E-state index in [-0.39, 0.29) is 48.5 Å². The molecule has 1 aromatic heterocycles. The number of rotatable bonds is 6. The Labute approximate surface area is 213 Å². The molecule has 0 spiro atoms. The molecular formula is C28H28F2N4O3. The molecule has 1 atom stereocenters. The van der Waals surface area contributed by atoms with E-state index in [9.17, 15) is 23.5 Å². The number of hydrogen-bond acceptors (Lipinski definition) is 5. The number of nitrogens with one attached hydrogen (secondary N) is 1. The molecule has 3 aromatic rings. The highest BCUT2D eigenvalue weighted by atomic mass is 19.1. The summed E-state index contributed by atoms with van der Waals surface area (Å²) in [6, 6.07) is 11.0. The first-order valence-corrected chi connectivity index (χ1v) is 12.3. The van der Waals surface area contributed by atoms with Gasteiger partial charge in [-0.05, 0) is 43.5 Å². The second kappa shape index (κ2) is 9.63. The smallest absolute Gasteiger partial charge is 0.255 e. The summed E-state index contributed by atoms with van der Waals surface area (Å²) in [7, 11) is 0. The van der Waals surface area contributed by atoms with Crippen LogP contribution in [-0.4, -0.2) is 50.5 Å². The van der Waals surface area contributed by atoms with Crippen molar-refractivity contribution in [1.29, 1.82) is 0 Å². The fourth-order valence-electron chi connectivity index (χ4n) is 4.97. The van der Waals surface area contributed by atoms with Gasteiger partial charge < -0.3 is 15.3 Å². The molecule has 3 heterocycles. The van der Waals surface area contributed by atoms with Gasteiger partial charge in [0, 0.05) is 25.4 Å². The monoisotopic (exact) mass is 506 g/mol. The van der Waals surface area contributed by atoms with E-state index in [0.29, 0.717) is 30.0 Å². The van der Waals surface area contributed by atoms with Crippen LogP contribution in [0.25, 0.3) is 11.4 Å². The Balaban J connectivity index is 1.34. The lowest BCUT2D eigenvalue weighted by Gasteiger charge is -2.25. The SMILES string of the molecule is CC(C)(O)[C@@H]1CCN(C(=O)Cc2ccc(Cc3nc(-c4c(F)cccc4F)nc4c3C(=O)NC4)cc2)C1. The van der Waals surface area contributed by atoms with Crippen LogP contribution in [0.2, 0.25) is 0 Å². The second-order valence-electron chi connectivity index (χ2n) is 10.2. The summed E-state index contributed by atoms with van der Waals surface area (Å²) < 4.78 is 28.8. The number of nitrogens with zero attached hydrogens (tertiary/aromatic N) is 3. The van der Waals surface area contributed by atoms with Crippen LogP contribution in [-0.2, 0) is 24.2 Å². The van der Waals surface area contributed by atoms with E-state index in [1.807, 2.05) is 24.3 Å². The Morgan fingerprint density at radius 2 is 1.76 bits per heavy atom. The van der Waals surface area contributed by atoms with Crippen LogP contribution >= 0.6 is 0 Å². The van der Waals surface area contributed by atoms with E-state index in [4.69, 9.17) is 0 Å². The Kier molecular flexibility index (Phi) is 6.49. The van der Waals surface area contributed by atoms with Crippen LogP contribution in [0.5, 0.6) is 0 Å². The third kappa shape index (κ3) is 5.09. The average molecular weight is 507 g/mol. The molecule has 0 bridgehead atoms. The number of benzene rings is 2. The van der Waals surface area contributed by atoms with Crippen LogP contribution in [0.1, 0.15) is 53.1 Å². The molecule has 9 heteroatoms. The van der Waals surface area contributed by atoms with Crippen molar-refractivity contribution in [2.24, 2.45) is 5.92 Å². The zero-order valence-corrected chi connectivity index (χ0v) is 20.7. The van der Waals surface area contributed by atoms with Gasteiger partial charge in [0.25, 0.3) is 5.91 Å². The third-order valence-corrected chi connectivity index (χ3v) is 7.18. The first-order valence-electron chi connectivity index (χ1n) is 12.3. The molecule has 2 amide bonds. The van der Waals surface area contributed by atoms with Crippen LogP contribution in [0.15, 0.2) is 42.5 Å². The molecule has 0 unspecified atom stereocenters. The van der Waals surface area contributed by atoms with Crippen molar-refractivity contribution in [2.45, 2.75) is 45.3 Å². The average Bonchev–Trinajstić information content (AvgIpc) is 3.48. The quantitative estimate of drug-likeness (QED) is 0.534. The topological polar surface area (TPSA) is 95.4 Å². The Bertz CT molecular complexity index is 1350. The number of carbonyl (C=O) groups excluding carboxylic acids is 2. The molecular weight excluding hydrogens is 478 g/mol. The lowest BCUT2D eigenvalue weighted by molar-refractivity contribution is -0.129. The minimum Gasteiger partial charge on any atom is -0.390 e. The summed E-state index contributed by atoms with van der Waals surface area (Å²) in [5.74, 6) is -1.89. The van der Waals surface area contributed by atoms with Gasteiger partial charge in [-0.15, -0.1) is 0 Å². The fraction of sp³-hybridized carbons (Fsp3) is 0.357. The van der Waals surface area contributed by atoms with Crippen molar-refractivity contribution in [3.05, 3.63) is 82.2 Å². The highest BCUT2D eigenvalue weighted by molar-refractivity contribution is 5.99. The zero-order valence-electron chi connectivity index (χ0n) is 20.7. The summed E-state index contributed by atoms with van der Waals surface area (Å²) in [6.07, 6.45) is 1.29. The van der Waals surface area contributed by atoms with Crippen molar-refractivity contribution in [2.75, 3.05) is 13.1 Å². The molecule has 2 aliphatic rings. The zero-order chi connectivity index (χ0) is 26.3. The first kappa shape index (κ1) is 25.0. The number of likely N-dealkylation sites (tertiary alicyclic amines) is 1. The number of aromatic nitrogens is 2. The minimum absolute atomic E-state index is 0.0151. The van der Waals surface area contributed by atoms with Gasteiger partial charge in [0.05, 0.1) is 41.1 Å². The van der Waals surface area contributed by atoms with Gasteiger partial charge in [-0.25, -0.2) is 18.7 Å². The number of carbonyl (C=O) groups is 2. The van der Waals surface area contributed by atoms with E-state index < -0.39 is 17.2 Å². The normalized spacial score (nSPS) is 17.2. The Hall–Kier alpha value is -3.72. The van der Waals surface area contributed by atoms with Crippen molar-refractivity contribution in [3.8, 4) is 11.4 Å². The molecule has 37 heavy (non-hydrogen) atoms. The molecule has 192 valence electrons. The van der Waals surface area contributed by atoms with Gasteiger partial charge >= 0.3 is 0 Å². The number of fused-ring (bicyclic) bond motifs is 1. The molecule has 1 saturated heterocycles. The van der Waals surface area contributed by atoms with Gasteiger partial charge in [0.15, 0.2) is 5.82 Å². The van der Waals surface area contributed by atoms with E-state index in [2.05, 4.69) is 15.3 Å².